The molecule has 0 spiro atoms. The highest BCUT2D eigenvalue weighted by atomic mass is 16.5. The van der Waals surface area contributed by atoms with Crippen molar-refractivity contribution in [1.82, 2.24) is 9.80 Å². The zero-order valence-electron chi connectivity index (χ0n) is 28.5. The van der Waals surface area contributed by atoms with E-state index in [1.54, 1.807) is 21.0 Å². The third-order valence-corrected chi connectivity index (χ3v) is 9.24. The molecule has 0 aliphatic carbocycles. The Hall–Kier alpha value is -4.27. The number of carbonyl (C=O) groups excluding carboxylic acids is 2. The first kappa shape index (κ1) is 34.1. The SMILES string of the molecule is CCOC(=O)C1C(C)=NC(C)=C(C(=O)OCCN2CCN(C(c3ccc(C)cc3)c3ccc(C)cc3)CC2)C1c1cccc(OC)c1. The number of rotatable bonds is 11. The molecule has 0 aromatic heterocycles. The summed E-state index contributed by atoms with van der Waals surface area (Å²) in [6, 6.07) is 25.3. The van der Waals surface area contributed by atoms with Gasteiger partial charge in [0.25, 0.3) is 0 Å². The Kier molecular flexibility index (Phi) is 11.3. The molecule has 5 rings (SSSR count). The standard InChI is InChI=1S/C39H47N3O5/c1-7-46-38(43)34-28(4)40-29(5)35(36(34)32-9-8-10-33(25-32)45-6)39(44)47-24-23-41-19-21-42(22-20-41)37(30-15-11-26(2)12-16-30)31-17-13-27(3)14-18-31/h8-18,25,34,36-37H,7,19-24H2,1-6H3. The molecule has 0 bridgehead atoms. The maximum atomic E-state index is 13.8. The molecule has 1 fully saturated rings. The first-order chi connectivity index (χ1) is 22.7. The average Bonchev–Trinajstić information content (AvgIpc) is 3.07. The van der Waals surface area contributed by atoms with E-state index in [1.807, 2.05) is 31.2 Å². The number of aliphatic imine (C=N–C) groups is 1. The van der Waals surface area contributed by atoms with Gasteiger partial charge in [0, 0.05) is 50.1 Å². The summed E-state index contributed by atoms with van der Waals surface area (Å²) in [7, 11) is 1.59. The van der Waals surface area contributed by atoms with Crippen LogP contribution in [-0.2, 0) is 19.1 Å². The number of aryl methyl sites for hydroxylation is 2. The smallest absolute Gasteiger partial charge is 0.336 e. The fourth-order valence-corrected chi connectivity index (χ4v) is 6.74. The molecule has 2 atom stereocenters. The Balaban J connectivity index is 1.26. The van der Waals surface area contributed by atoms with E-state index in [-0.39, 0.29) is 19.3 Å². The lowest BCUT2D eigenvalue weighted by Gasteiger charge is -2.39. The van der Waals surface area contributed by atoms with E-state index in [0.717, 1.165) is 31.7 Å². The van der Waals surface area contributed by atoms with Crippen molar-refractivity contribution < 1.29 is 23.8 Å². The second-order valence-electron chi connectivity index (χ2n) is 12.5. The number of methoxy groups -OCH3 is 1. The fraction of sp³-hybridized carbons (Fsp3) is 0.410. The quantitative estimate of drug-likeness (QED) is 0.229. The van der Waals surface area contributed by atoms with Crippen molar-refractivity contribution in [1.29, 1.82) is 0 Å². The monoisotopic (exact) mass is 637 g/mol. The normalized spacial score (nSPS) is 19.0. The molecule has 2 aliphatic rings. The van der Waals surface area contributed by atoms with E-state index in [0.29, 0.717) is 29.3 Å². The number of allylic oxidation sites excluding steroid dienone is 1. The summed E-state index contributed by atoms with van der Waals surface area (Å²) in [5.41, 5.74) is 7.41. The molecule has 3 aromatic carbocycles. The van der Waals surface area contributed by atoms with Crippen molar-refractivity contribution in [3.8, 4) is 5.75 Å². The molecule has 1 saturated heterocycles. The summed E-state index contributed by atoms with van der Waals surface area (Å²) >= 11 is 0. The highest BCUT2D eigenvalue weighted by molar-refractivity contribution is 6.07. The Labute approximate surface area is 279 Å². The van der Waals surface area contributed by atoms with Crippen LogP contribution in [0.3, 0.4) is 0 Å². The van der Waals surface area contributed by atoms with Gasteiger partial charge in [0.1, 0.15) is 18.3 Å². The number of piperazine rings is 1. The highest BCUT2D eigenvalue weighted by Gasteiger charge is 2.42. The third-order valence-electron chi connectivity index (χ3n) is 9.24. The largest absolute Gasteiger partial charge is 0.497 e. The van der Waals surface area contributed by atoms with Gasteiger partial charge in [0.2, 0.25) is 0 Å². The number of hydrogen-bond acceptors (Lipinski definition) is 8. The Morgan fingerprint density at radius 2 is 1.47 bits per heavy atom. The molecule has 47 heavy (non-hydrogen) atoms. The minimum absolute atomic E-state index is 0.183. The van der Waals surface area contributed by atoms with Gasteiger partial charge < -0.3 is 14.2 Å². The van der Waals surface area contributed by atoms with Crippen LogP contribution in [0.5, 0.6) is 5.75 Å². The molecule has 0 saturated carbocycles. The van der Waals surface area contributed by atoms with Crippen LogP contribution in [0.25, 0.3) is 0 Å². The zero-order chi connectivity index (χ0) is 33.5. The van der Waals surface area contributed by atoms with Gasteiger partial charge in [0.15, 0.2) is 0 Å². The van der Waals surface area contributed by atoms with E-state index in [4.69, 9.17) is 14.2 Å². The summed E-state index contributed by atoms with van der Waals surface area (Å²) in [5.74, 6) is -1.57. The van der Waals surface area contributed by atoms with Gasteiger partial charge >= 0.3 is 11.9 Å². The number of ether oxygens (including phenoxy) is 3. The summed E-state index contributed by atoms with van der Waals surface area (Å²) in [6.45, 7) is 14.3. The first-order valence-corrected chi connectivity index (χ1v) is 16.5. The Morgan fingerprint density at radius 3 is 2.04 bits per heavy atom. The molecule has 2 unspecified atom stereocenters. The zero-order valence-corrected chi connectivity index (χ0v) is 28.5. The maximum absolute atomic E-state index is 13.8. The van der Waals surface area contributed by atoms with Crippen LogP contribution in [0, 0.1) is 19.8 Å². The van der Waals surface area contributed by atoms with Crippen molar-refractivity contribution in [2.24, 2.45) is 10.9 Å². The van der Waals surface area contributed by atoms with Crippen molar-refractivity contribution in [3.05, 3.63) is 112 Å². The predicted molar refractivity (Wildman–Crippen MR) is 185 cm³/mol. The molecular weight excluding hydrogens is 590 g/mol. The lowest BCUT2D eigenvalue weighted by Crippen LogP contribution is -2.48. The number of hydrogen-bond donors (Lipinski definition) is 0. The second kappa shape index (κ2) is 15.5. The Morgan fingerprint density at radius 1 is 0.851 bits per heavy atom. The van der Waals surface area contributed by atoms with Gasteiger partial charge in [-0.15, -0.1) is 0 Å². The summed E-state index contributed by atoms with van der Waals surface area (Å²) in [6.07, 6.45) is 0. The van der Waals surface area contributed by atoms with E-state index in [1.165, 1.54) is 22.3 Å². The minimum atomic E-state index is -0.739. The third kappa shape index (κ3) is 8.00. The number of esters is 2. The minimum Gasteiger partial charge on any atom is -0.497 e. The van der Waals surface area contributed by atoms with Gasteiger partial charge in [-0.3, -0.25) is 19.6 Å². The molecule has 3 aromatic rings. The number of nitrogens with zero attached hydrogens (tertiary/aromatic N) is 3. The van der Waals surface area contributed by atoms with Crippen LogP contribution in [0.15, 0.2) is 89.1 Å². The molecule has 0 radical (unpaired) electrons. The van der Waals surface area contributed by atoms with Gasteiger partial charge in [-0.05, 0) is 63.4 Å². The summed E-state index contributed by atoms with van der Waals surface area (Å²) < 4.78 is 16.8. The van der Waals surface area contributed by atoms with Crippen molar-refractivity contribution >= 4 is 17.7 Å². The highest BCUT2D eigenvalue weighted by Crippen LogP contribution is 2.41. The van der Waals surface area contributed by atoms with E-state index in [9.17, 15) is 9.59 Å². The molecule has 8 nitrogen and oxygen atoms in total. The predicted octanol–water partition coefficient (Wildman–Crippen LogP) is 6.27. The topological polar surface area (TPSA) is 80.7 Å². The number of benzene rings is 3. The van der Waals surface area contributed by atoms with Gasteiger partial charge in [-0.1, -0.05) is 71.8 Å². The molecule has 8 heteroatoms. The summed E-state index contributed by atoms with van der Waals surface area (Å²) in [5, 5.41) is 0. The van der Waals surface area contributed by atoms with E-state index < -0.39 is 23.8 Å². The van der Waals surface area contributed by atoms with Gasteiger partial charge in [-0.25, -0.2) is 4.79 Å². The molecule has 2 heterocycles. The van der Waals surface area contributed by atoms with Crippen LogP contribution >= 0.6 is 0 Å². The molecule has 2 aliphatic heterocycles. The lowest BCUT2D eigenvalue weighted by atomic mass is 9.75. The Bertz CT molecular complexity index is 1560. The van der Waals surface area contributed by atoms with Crippen LogP contribution in [0.1, 0.15) is 60.5 Å². The van der Waals surface area contributed by atoms with Crippen LogP contribution in [0.4, 0.5) is 0 Å². The van der Waals surface area contributed by atoms with Crippen molar-refractivity contribution in [2.75, 3.05) is 53.0 Å². The van der Waals surface area contributed by atoms with E-state index in [2.05, 4.69) is 77.2 Å². The first-order valence-electron chi connectivity index (χ1n) is 16.5. The number of carbonyl (C=O) groups is 2. The van der Waals surface area contributed by atoms with Crippen LogP contribution in [0.2, 0.25) is 0 Å². The molecule has 0 amide bonds. The van der Waals surface area contributed by atoms with Gasteiger partial charge in [-0.2, -0.15) is 0 Å². The molecule has 248 valence electrons. The van der Waals surface area contributed by atoms with Crippen molar-refractivity contribution in [2.45, 2.75) is 46.6 Å². The maximum Gasteiger partial charge on any atom is 0.336 e. The lowest BCUT2D eigenvalue weighted by molar-refractivity contribution is -0.146. The molecule has 0 N–H and O–H groups in total. The van der Waals surface area contributed by atoms with E-state index >= 15 is 0 Å². The second-order valence-corrected chi connectivity index (χ2v) is 12.5. The summed E-state index contributed by atoms with van der Waals surface area (Å²) in [4.78, 5) is 36.5. The van der Waals surface area contributed by atoms with Gasteiger partial charge in [0.05, 0.1) is 25.3 Å². The fourth-order valence-electron chi connectivity index (χ4n) is 6.74. The molecular formula is C39H47N3O5. The van der Waals surface area contributed by atoms with Crippen molar-refractivity contribution in [3.63, 3.8) is 0 Å². The average molecular weight is 638 g/mol. The van der Waals surface area contributed by atoms with Crippen LogP contribution in [-0.4, -0.2) is 80.5 Å². The van der Waals surface area contributed by atoms with Crippen LogP contribution < -0.4 is 4.74 Å².